The van der Waals surface area contributed by atoms with Crippen molar-refractivity contribution in [3.63, 3.8) is 0 Å². The van der Waals surface area contributed by atoms with Gasteiger partial charge >= 0.3 is 0 Å². The van der Waals surface area contributed by atoms with Gasteiger partial charge in [-0.1, -0.05) is 6.07 Å². The molecule has 0 fully saturated rings. The number of nitrogens with one attached hydrogen (secondary N) is 1. The smallest absolute Gasteiger partial charge is 0.0728 e. The van der Waals surface area contributed by atoms with Crippen molar-refractivity contribution >= 4 is 0 Å². The monoisotopic (exact) mass is 228 g/mol. The van der Waals surface area contributed by atoms with Gasteiger partial charge in [-0.25, -0.2) is 5.43 Å². The van der Waals surface area contributed by atoms with Gasteiger partial charge in [-0.3, -0.25) is 15.8 Å². The molecule has 0 aliphatic carbocycles. The molecule has 0 spiro atoms. The number of hydrogen-bond donors (Lipinski definition) is 2. The molecule has 0 saturated carbocycles. The van der Waals surface area contributed by atoms with Gasteiger partial charge in [0, 0.05) is 24.3 Å². The van der Waals surface area contributed by atoms with Gasteiger partial charge in [0.25, 0.3) is 0 Å². The van der Waals surface area contributed by atoms with E-state index in [4.69, 9.17) is 5.84 Å². The fourth-order valence-corrected chi connectivity index (χ4v) is 1.82. The molecule has 1 unspecified atom stereocenters. The number of nitrogens with two attached hydrogens (primary N) is 1. The summed E-state index contributed by atoms with van der Waals surface area (Å²) in [7, 11) is 0. The molecule has 0 bridgehead atoms. The van der Waals surface area contributed by atoms with Crippen LogP contribution in [0.15, 0.2) is 36.8 Å². The van der Waals surface area contributed by atoms with Crippen LogP contribution < -0.4 is 11.3 Å². The summed E-state index contributed by atoms with van der Waals surface area (Å²) in [5, 5.41) is 0. The SMILES string of the molecule is Cc1ccc(C(NN)c2ccncc2C)cn1. The zero-order valence-electron chi connectivity index (χ0n) is 10.0. The Bertz CT molecular complexity index is 493. The number of rotatable bonds is 3. The molecule has 2 heterocycles. The fourth-order valence-electron chi connectivity index (χ4n) is 1.82. The first-order chi connectivity index (χ1) is 8.22. The van der Waals surface area contributed by atoms with E-state index in [2.05, 4.69) is 15.4 Å². The zero-order valence-corrected chi connectivity index (χ0v) is 10.0. The molecule has 2 rings (SSSR count). The van der Waals surface area contributed by atoms with Gasteiger partial charge in [0.1, 0.15) is 0 Å². The lowest BCUT2D eigenvalue weighted by molar-refractivity contribution is 0.630. The highest BCUT2D eigenvalue weighted by atomic mass is 15.2. The van der Waals surface area contributed by atoms with Crippen LogP contribution in [0.2, 0.25) is 0 Å². The average molecular weight is 228 g/mol. The van der Waals surface area contributed by atoms with Gasteiger partial charge < -0.3 is 0 Å². The summed E-state index contributed by atoms with van der Waals surface area (Å²) < 4.78 is 0. The molecular formula is C13H16N4. The minimum absolute atomic E-state index is 0.0499. The lowest BCUT2D eigenvalue weighted by atomic mass is 9.98. The van der Waals surface area contributed by atoms with Gasteiger partial charge in [-0.05, 0) is 42.7 Å². The number of hydrazine groups is 1. The summed E-state index contributed by atoms with van der Waals surface area (Å²) in [5.41, 5.74) is 7.10. The predicted molar refractivity (Wildman–Crippen MR) is 67.1 cm³/mol. The maximum atomic E-state index is 5.65. The Kier molecular flexibility index (Phi) is 3.46. The van der Waals surface area contributed by atoms with Crippen molar-refractivity contribution in [1.29, 1.82) is 0 Å². The summed E-state index contributed by atoms with van der Waals surface area (Å²) in [6.45, 7) is 3.99. The third kappa shape index (κ3) is 2.49. The zero-order chi connectivity index (χ0) is 12.3. The maximum absolute atomic E-state index is 5.65. The lowest BCUT2D eigenvalue weighted by Gasteiger charge is -2.18. The first-order valence-electron chi connectivity index (χ1n) is 5.51. The standard InChI is InChI=1S/C13H16N4/c1-9-7-15-6-5-12(9)13(17-14)11-4-3-10(2)16-8-11/h3-8,13,17H,14H2,1-2H3. The van der Waals surface area contributed by atoms with E-state index in [0.29, 0.717) is 0 Å². The third-order valence-electron chi connectivity index (χ3n) is 2.81. The number of pyridine rings is 2. The summed E-state index contributed by atoms with van der Waals surface area (Å²) in [6, 6.07) is 5.94. The van der Waals surface area contributed by atoms with Gasteiger partial charge in [0.15, 0.2) is 0 Å². The Morgan fingerprint density at radius 2 is 2.00 bits per heavy atom. The molecule has 4 heteroatoms. The molecular weight excluding hydrogens is 212 g/mol. The van der Waals surface area contributed by atoms with Crippen molar-refractivity contribution in [2.24, 2.45) is 5.84 Å². The Labute approximate surface area is 101 Å². The summed E-state index contributed by atoms with van der Waals surface area (Å²) >= 11 is 0. The van der Waals surface area contributed by atoms with Gasteiger partial charge in [0.2, 0.25) is 0 Å². The summed E-state index contributed by atoms with van der Waals surface area (Å²) in [6.07, 6.45) is 5.45. The highest BCUT2D eigenvalue weighted by molar-refractivity contribution is 5.34. The second kappa shape index (κ2) is 5.03. The summed E-state index contributed by atoms with van der Waals surface area (Å²) in [5.74, 6) is 5.65. The Hall–Kier alpha value is -1.78. The van der Waals surface area contributed by atoms with Crippen LogP contribution in [0.1, 0.15) is 28.4 Å². The normalized spacial score (nSPS) is 12.4. The highest BCUT2D eigenvalue weighted by Gasteiger charge is 2.14. The van der Waals surface area contributed by atoms with E-state index in [-0.39, 0.29) is 6.04 Å². The van der Waals surface area contributed by atoms with E-state index in [1.165, 1.54) is 0 Å². The quantitative estimate of drug-likeness (QED) is 0.619. The van der Waals surface area contributed by atoms with Gasteiger partial charge in [-0.15, -0.1) is 0 Å². The molecule has 0 aliphatic rings. The van der Waals surface area contributed by atoms with E-state index in [0.717, 1.165) is 22.4 Å². The molecule has 4 nitrogen and oxygen atoms in total. The molecule has 1 atom stereocenters. The molecule has 2 aromatic heterocycles. The van der Waals surface area contributed by atoms with Crippen LogP contribution in [-0.2, 0) is 0 Å². The molecule has 2 aromatic rings. The molecule has 3 N–H and O–H groups in total. The van der Waals surface area contributed by atoms with Gasteiger partial charge in [-0.2, -0.15) is 0 Å². The first kappa shape index (κ1) is 11.7. The largest absolute Gasteiger partial charge is 0.271 e. The van der Waals surface area contributed by atoms with Crippen molar-refractivity contribution in [1.82, 2.24) is 15.4 Å². The number of aromatic nitrogens is 2. The van der Waals surface area contributed by atoms with Crippen LogP contribution in [0.3, 0.4) is 0 Å². The Balaban J connectivity index is 2.40. The van der Waals surface area contributed by atoms with E-state index in [1.54, 1.807) is 6.20 Å². The number of hydrogen-bond acceptors (Lipinski definition) is 4. The maximum Gasteiger partial charge on any atom is 0.0728 e. The van der Waals surface area contributed by atoms with Gasteiger partial charge in [0.05, 0.1) is 6.04 Å². The first-order valence-corrected chi connectivity index (χ1v) is 5.51. The van der Waals surface area contributed by atoms with E-state index in [1.807, 2.05) is 44.4 Å². The van der Waals surface area contributed by atoms with Crippen molar-refractivity contribution in [3.8, 4) is 0 Å². The second-order valence-electron chi connectivity index (χ2n) is 4.06. The van der Waals surface area contributed by atoms with Crippen molar-refractivity contribution in [3.05, 3.63) is 59.2 Å². The van der Waals surface area contributed by atoms with Crippen LogP contribution in [0.4, 0.5) is 0 Å². The molecule has 0 aliphatic heterocycles. The minimum atomic E-state index is -0.0499. The van der Waals surface area contributed by atoms with Crippen LogP contribution >= 0.6 is 0 Å². The topological polar surface area (TPSA) is 63.8 Å². The average Bonchev–Trinajstić information content (AvgIpc) is 2.35. The van der Waals surface area contributed by atoms with Crippen LogP contribution in [0, 0.1) is 13.8 Å². The highest BCUT2D eigenvalue weighted by Crippen LogP contribution is 2.22. The molecule has 0 radical (unpaired) electrons. The van der Waals surface area contributed by atoms with Crippen LogP contribution in [0.5, 0.6) is 0 Å². The molecule has 0 aromatic carbocycles. The molecule has 0 saturated heterocycles. The lowest BCUT2D eigenvalue weighted by Crippen LogP contribution is -2.29. The van der Waals surface area contributed by atoms with E-state index >= 15 is 0 Å². The van der Waals surface area contributed by atoms with Crippen molar-refractivity contribution in [2.75, 3.05) is 0 Å². The predicted octanol–water partition coefficient (Wildman–Crippen LogP) is 1.65. The van der Waals surface area contributed by atoms with E-state index < -0.39 is 0 Å². The van der Waals surface area contributed by atoms with Crippen LogP contribution in [-0.4, -0.2) is 9.97 Å². The minimum Gasteiger partial charge on any atom is -0.271 e. The molecule has 0 amide bonds. The molecule has 88 valence electrons. The van der Waals surface area contributed by atoms with Crippen molar-refractivity contribution < 1.29 is 0 Å². The fraction of sp³-hybridized carbons (Fsp3) is 0.231. The Morgan fingerprint density at radius 1 is 1.18 bits per heavy atom. The molecule has 17 heavy (non-hydrogen) atoms. The number of nitrogens with zero attached hydrogens (tertiary/aromatic N) is 2. The number of aryl methyl sites for hydroxylation is 2. The Morgan fingerprint density at radius 3 is 2.59 bits per heavy atom. The third-order valence-corrected chi connectivity index (χ3v) is 2.81. The summed E-state index contributed by atoms with van der Waals surface area (Å²) in [4.78, 5) is 8.38. The second-order valence-corrected chi connectivity index (χ2v) is 4.06. The van der Waals surface area contributed by atoms with Crippen LogP contribution in [0.25, 0.3) is 0 Å². The van der Waals surface area contributed by atoms with E-state index in [9.17, 15) is 0 Å². The van der Waals surface area contributed by atoms with Crippen molar-refractivity contribution in [2.45, 2.75) is 19.9 Å².